The molecule has 0 saturated heterocycles. The molecular weight excluding hydrogens is 462 g/mol. The lowest BCUT2D eigenvalue weighted by molar-refractivity contribution is -0.172. The third-order valence-corrected chi connectivity index (χ3v) is 4.79. The first-order chi connectivity index (χ1) is 15.9. The van der Waals surface area contributed by atoms with Crippen molar-refractivity contribution in [3.8, 4) is 11.1 Å². The van der Waals surface area contributed by atoms with Crippen molar-refractivity contribution in [1.82, 2.24) is 5.32 Å². The molecule has 0 radical (unpaired) electrons. The van der Waals surface area contributed by atoms with Gasteiger partial charge >= 0.3 is 18.0 Å². The Morgan fingerprint density at radius 2 is 1.71 bits per heavy atom. The number of alkyl carbamates (subject to hydrolysis) is 1. The van der Waals surface area contributed by atoms with E-state index in [0.717, 1.165) is 16.7 Å². The first-order valence-electron chi connectivity index (χ1n) is 10.8. The van der Waals surface area contributed by atoms with Gasteiger partial charge in [-0.2, -0.15) is 0 Å². The molecule has 0 spiro atoms. The zero-order chi connectivity index (χ0) is 25.3. The molecule has 2 N–H and O–H groups in total. The predicted molar refractivity (Wildman–Crippen MR) is 127 cm³/mol. The Morgan fingerprint density at radius 1 is 1.03 bits per heavy atom. The van der Waals surface area contributed by atoms with Gasteiger partial charge in [0, 0.05) is 24.4 Å². The van der Waals surface area contributed by atoms with Crippen LogP contribution in [0.5, 0.6) is 0 Å². The summed E-state index contributed by atoms with van der Waals surface area (Å²) in [7, 11) is 0. The molecule has 2 atom stereocenters. The predicted octanol–water partition coefficient (Wildman–Crippen LogP) is 4.26. The minimum Gasteiger partial charge on any atom is -0.444 e. The van der Waals surface area contributed by atoms with Crippen LogP contribution in [0.15, 0.2) is 48.5 Å². The zero-order valence-electron chi connectivity index (χ0n) is 19.7. The highest BCUT2D eigenvalue weighted by Gasteiger charge is 2.26. The Bertz CT molecular complexity index is 986. The topological polar surface area (TPSA) is 111 Å². The summed E-state index contributed by atoms with van der Waals surface area (Å²) in [6.07, 6.45) is -2.02. The van der Waals surface area contributed by atoms with Crippen LogP contribution >= 0.6 is 11.6 Å². The summed E-state index contributed by atoms with van der Waals surface area (Å²) < 4.78 is 14.6. The molecule has 0 aromatic heterocycles. The zero-order valence-corrected chi connectivity index (χ0v) is 20.4. The summed E-state index contributed by atoms with van der Waals surface area (Å²) in [5.41, 5.74) is 2.09. The number of carbonyl (C=O) groups excluding carboxylic acids is 3. The highest BCUT2D eigenvalue weighted by atomic mass is 35.5. The Balaban J connectivity index is 2.09. The maximum absolute atomic E-state index is 12.3. The summed E-state index contributed by atoms with van der Waals surface area (Å²) >= 11 is 6.07. The number of aliphatic hydroxyl groups excluding tert-OH is 1. The number of hydrogen-bond acceptors (Lipinski definition) is 7. The fraction of sp³-hybridized carbons (Fsp3) is 0.400. The summed E-state index contributed by atoms with van der Waals surface area (Å²) in [6, 6.07) is 14.5. The highest BCUT2D eigenvalue weighted by Crippen LogP contribution is 2.23. The number of nitrogens with one attached hydrogen (secondary N) is 1. The molecule has 0 aliphatic rings. The second-order valence-corrected chi connectivity index (χ2v) is 9.16. The SMILES string of the molecule is CC(=O)OCOC(=O)[C@H](O)C[C@@H](Cc1ccc(-c2cccc(Cl)c2)cc1)NC(=O)OC(C)(C)C. The van der Waals surface area contributed by atoms with E-state index in [9.17, 15) is 19.5 Å². The van der Waals surface area contributed by atoms with Crippen molar-refractivity contribution < 1.29 is 33.7 Å². The van der Waals surface area contributed by atoms with Gasteiger partial charge in [-0.1, -0.05) is 48.0 Å². The van der Waals surface area contributed by atoms with Crippen LogP contribution in [-0.2, 0) is 30.2 Å². The van der Waals surface area contributed by atoms with E-state index in [-0.39, 0.29) is 6.42 Å². The molecule has 0 aliphatic heterocycles. The van der Waals surface area contributed by atoms with Crippen molar-refractivity contribution in [3.63, 3.8) is 0 Å². The number of amides is 1. The number of halogens is 1. The van der Waals surface area contributed by atoms with Crippen LogP contribution in [0.3, 0.4) is 0 Å². The van der Waals surface area contributed by atoms with Crippen LogP contribution < -0.4 is 5.32 Å². The van der Waals surface area contributed by atoms with Crippen LogP contribution in [0.4, 0.5) is 4.79 Å². The summed E-state index contributed by atoms with van der Waals surface area (Å²) in [5.74, 6) is -1.58. The fourth-order valence-corrected chi connectivity index (χ4v) is 3.28. The molecule has 0 heterocycles. The van der Waals surface area contributed by atoms with Gasteiger partial charge in [0.05, 0.1) is 0 Å². The van der Waals surface area contributed by atoms with E-state index in [1.54, 1.807) is 26.8 Å². The van der Waals surface area contributed by atoms with Crippen molar-refractivity contribution in [1.29, 1.82) is 0 Å². The lowest BCUT2D eigenvalue weighted by atomic mass is 9.98. The van der Waals surface area contributed by atoms with Crippen LogP contribution in [0.2, 0.25) is 5.02 Å². The molecule has 9 heteroatoms. The molecule has 1 amide bonds. The fourth-order valence-electron chi connectivity index (χ4n) is 3.09. The normalized spacial score (nSPS) is 12.9. The maximum atomic E-state index is 12.3. The third-order valence-electron chi connectivity index (χ3n) is 4.56. The number of esters is 2. The third kappa shape index (κ3) is 9.80. The van der Waals surface area contributed by atoms with Crippen molar-refractivity contribution in [2.24, 2.45) is 0 Å². The number of hydrogen-bond donors (Lipinski definition) is 2. The summed E-state index contributed by atoms with van der Waals surface area (Å²) in [6.45, 7) is 5.77. The Labute approximate surface area is 204 Å². The molecule has 2 aromatic carbocycles. The maximum Gasteiger partial charge on any atom is 0.407 e. The summed E-state index contributed by atoms with van der Waals surface area (Å²) in [4.78, 5) is 35.2. The standard InChI is InChI=1S/C25H30ClNO7/c1-16(28)32-15-33-23(30)22(29)14-21(27-24(31)34-25(2,3)4)12-17-8-10-18(11-9-17)19-6-5-7-20(26)13-19/h5-11,13,21-22,29H,12,14-15H2,1-4H3,(H,27,31)/t21-,22-/m1/s1. The number of aliphatic hydroxyl groups is 1. The number of ether oxygens (including phenoxy) is 3. The molecule has 0 bridgehead atoms. The van der Waals surface area contributed by atoms with Gasteiger partial charge in [0.2, 0.25) is 6.79 Å². The van der Waals surface area contributed by atoms with Gasteiger partial charge in [-0.15, -0.1) is 0 Å². The van der Waals surface area contributed by atoms with E-state index < -0.39 is 42.6 Å². The molecule has 8 nitrogen and oxygen atoms in total. The molecule has 0 aliphatic carbocycles. The largest absolute Gasteiger partial charge is 0.444 e. The first-order valence-corrected chi connectivity index (χ1v) is 11.1. The van der Waals surface area contributed by atoms with Crippen molar-refractivity contribution in [3.05, 3.63) is 59.1 Å². The van der Waals surface area contributed by atoms with Gasteiger partial charge in [-0.3, -0.25) is 4.79 Å². The van der Waals surface area contributed by atoms with Crippen LogP contribution in [0, 0.1) is 0 Å². The average molecular weight is 492 g/mol. The van der Waals surface area contributed by atoms with Crippen molar-refractivity contribution in [2.75, 3.05) is 6.79 Å². The van der Waals surface area contributed by atoms with Crippen molar-refractivity contribution in [2.45, 2.75) is 58.3 Å². The quantitative estimate of drug-likeness (QED) is 0.398. The molecule has 34 heavy (non-hydrogen) atoms. The second kappa shape index (κ2) is 12.4. The van der Waals surface area contributed by atoms with Gasteiger partial charge in [-0.05, 0) is 56.0 Å². The minimum absolute atomic E-state index is 0.131. The van der Waals surface area contributed by atoms with Gasteiger partial charge < -0.3 is 24.6 Å². The number of carbonyl (C=O) groups is 3. The van der Waals surface area contributed by atoms with E-state index in [1.165, 1.54) is 6.92 Å². The number of rotatable bonds is 9. The van der Waals surface area contributed by atoms with Gasteiger partial charge in [0.15, 0.2) is 6.10 Å². The van der Waals surface area contributed by atoms with E-state index in [2.05, 4.69) is 10.1 Å². The Kier molecular flexibility index (Phi) is 9.89. The minimum atomic E-state index is -1.54. The monoisotopic (exact) mass is 491 g/mol. The average Bonchev–Trinajstić information content (AvgIpc) is 2.72. The molecule has 2 aromatic rings. The van der Waals surface area contributed by atoms with E-state index in [1.807, 2.05) is 42.5 Å². The first kappa shape index (κ1) is 27.1. The summed E-state index contributed by atoms with van der Waals surface area (Å²) in [5, 5.41) is 13.6. The van der Waals surface area contributed by atoms with E-state index >= 15 is 0 Å². The van der Waals surface area contributed by atoms with Gasteiger partial charge in [-0.25, -0.2) is 9.59 Å². The van der Waals surface area contributed by atoms with Crippen LogP contribution in [0.1, 0.15) is 39.7 Å². The molecular formula is C25H30ClNO7. The lowest BCUT2D eigenvalue weighted by Gasteiger charge is -2.25. The molecule has 0 fully saturated rings. The molecule has 0 unspecified atom stereocenters. The molecule has 0 saturated carbocycles. The number of benzene rings is 2. The molecule has 2 rings (SSSR count). The lowest BCUT2D eigenvalue weighted by Crippen LogP contribution is -2.43. The molecule has 184 valence electrons. The second-order valence-electron chi connectivity index (χ2n) is 8.72. The van der Waals surface area contributed by atoms with Gasteiger partial charge in [0.25, 0.3) is 0 Å². The highest BCUT2D eigenvalue weighted by molar-refractivity contribution is 6.30. The van der Waals surface area contributed by atoms with Crippen LogP contribution in [0.25, 0.3) is 11.1 Å². The van der Waals surface area contributed by atoms with Gasteiger partial charge in [0.1, 0.15) is 5.60 Å². The smallest absolute Gasteiger partial charge is 0.407 e. The van der Waals surface area contributed by atoms with Crippen LogP contribution in [-0.4, -0.2) is 47.7 Å². The van der Waals surface area contributed by atoms with E-state index in [0.29, 0.717) is 11.4 Å². The van der Waals surface area contributed by atoms with Crippen molar-refractivity contribution >= 4 is 29.6 Å². The van der Waals surface area contributed by atoms with E-state index in [4.69, 9.17) is 21.1 Å². The Morgan fingerprint density at radius 3 is 2.29 bits per heavy atom. The Hall–Kier alpha value is -3.10.